The summed E-state index contributed by atoms with van der Waals surface area (Å²) in [5.74, 6) is -0.698. The minimum absolute atomic E-state index is 0.261. The number of rotatable bonds is 39. The Morgan fingerprint density at radius 1 is 0.596 bits per heavy atom. The van der Waals surface area contributed by atoms with Gasteiger partial charge >= 0.3 is 0 Å². The van der Waals surface area contributed by atoms with E-state index in [1.807, 2.05) is 0 Å². The number of aliphatic hydroxyl groups excluding tert-OH is 7. The summed E-state index contributed by atoms with van der Waals surface area (Å²) in [5, 5.41) is 75.5. The van der Waals surface area contributed by atoms with Crippen LogP contribution in [0.1, 0.15) is 206 Å². The van der Waals surface area contributed by atoms with Crippen LogP contribution in [0.4, 0.5) is 0 Å². The lowest BCUT2D eigenvalue weighted by atomic mass is 9.98. The second kappa shape index (κ2) is 36.7. The molecular formula is C46H89NO10. The average molecular weight is 816 g/mol. The first-order chi connectivity index (χ1) is 27.7. The van der Waals surface area contributed by atoms with Crippen molar-refractivity contribution in [3.05, 3.63) is 12.2 Å². The molecule has 0 aromatic heterocycles. The zero-order valence-electron chi connectivity index (χ0n) is 36.3. The Morgan fingerprint density at radius 3 is 1.47 bits per heavy atom. The first-order valence-electron chi connectivity index (χ1n) is 23.6. The van der Waals surface area contributed by atoms with Crippen LogP contribution >= 0.6 is 0 Å². The molecule has 1 aliphatic heterocycles. The summed E-state index contributed by atoms with van der Waals surface area (Å²) in [7, 11) is 0. The molecule has 0 radical (unpaired) electrons. The van der Waals surface area contributed by atoms with Crippen LogP contribution in [0.25, 0.3) is 0 Å². The predicted molar refractivity (Wildman–Crippen MR) is 229 cm³/mol. The number of carbonyl (C=O) groups is 1. The molecule has 0 aliphatic carbocycles. The Hall–Kier alpha value is -1.15. The van der Waals surface area contributed by atoms with E-state index in [1.54, 1.807) is 0 Å². The molecule has 11 nitrogen and oxygen atoms in total. The predicted octanol–water partition coefficient (Wildman–Crippen LogP) is 7.67. The lowest BCUT2D eigenvalue weighted by Crippen LogP contribution is -2.60. The van der Waals surface area contributed by atoms with Crippen molar-refractivity contribution in [3.63, 3.8) is 0 Å². The summed E-state index contributed by atoms with van der Waals surface area (Å²) in [6, 6.07) is -1.16. The topological polar surface area (TPSA) is 189 Å². The van der Waals surface area contributed by atoms with Gasteiger partial charge in [-0.1, -0.05) is 180 Å². The fraction of sp³-hybridized carbons (Fsp3) is 0.935. The highest BCUT2D eigenvalue weighted by molar-refractivity contribution is 5.80. The van der Waals surface area contributed by atoms with Gasteiger partial charge in [-0.15, -0.1) is 0 Å². The molecule has 1 rings (SSSR count). The van der Waals surface area contributed by atoms with E-state index in [4.69, 9.17) is 9.47 Å². The van der Waals surface area contributed by atoms with Crippen LogP contribution < -0.4 is 5.32 Å². The highest BCUT2D eigenvalue weighted by Gasteiger charge is 2.44. The SMILES string of the molecule is CCCCCCCCC=CCCCCCCCCCCCCC(O)C(=O)NC(COC1OC(CO)C(O)C(O)C1O)C(O)C(O)CCCCCCCCCCCC. The largest absolute Gasteiger partial charge is 0.394 e. The standard InChI is InChI=1S/C46H89NO10/c1-3-5-7-9-11-13-15-16-17-18-19-20-21-22-23-24-26-28-30-32-34-39(50)45(55)47-37(36-56-46-44(54)43(53)42(52)40(35-48)57-46)41(51)38(49)33-31-29-27-25-14-12-10-8-6-4-2/h16-17,37-44,46,48-54H,3-15,18-36H2,1-2H3,(H,47,55). The van der Waals surface area contributed by atoms with E-state index < -0.39 is 74.2 Å². The van der Waals surface area contributed by atoms with E-state index in [0.717, 1.165) is 38.5 Å². The lowest BCUT2D eigenvalue weighted by molar-refractivity contribution is -0.303. The fourth-order valence-electron chi connectivity index (χ4n) is 7.61. The third kappa shape index (κ3) is 26.6. The van der Waals surface area contributed by atoms with Gasteiger partial charge in [0.05, 0.1) is 25.4 Å². The van der Waals surface area contributed by atoms with E-state index in [1.165, 1.54) is 128 Å². The van der Waals surface area contributed by atoms with Crippen molar-refractivity contribution >= 4 is 5.91 Å². The van der Waals surface area contributed by atoms with Gasteiger partial charge in [-0.3, -0.25) is 4.79 Å². The number of unbranched alkanes of at least 4 members (excludes halogenated alkanes) is 25. The van der Waals surface area contributed by atoms with Gasteiger partial charge in [-0.2, -0.15) is 0 Å². The molecule has 8 N–H and O–H groups in total. The van der Waals surface area contributed by atoms with E-state index in [0.29, 0.717) is 19.3 Å². The Balaban J connectivity index is 2.39. The van der Waals surface area contributed by atoms with Crippen LogP contribution in [-0.4, -0.2) is 110 Å². The molecule has 57 heavy (non-hydrogen) atoms. The van der Waals surface area contributed by atoms with Gasteiger partial charge in [-0.05, 0) is 38.5 Å². The summed E-state index contributed by atoms with van der Waals surface area (Å²) in [4.78, 5) is 13.1. The van der Waals surface area contributed by atoms with Crippen molar-refractivity contribution in [2.75, 3.05) is 13.2 Å². The summed E-state index contributed by atoms with van der Waals surface area (Å²) >= 11 is 0. The molecule has 1 fully saturated rings. The summed E-state index contributed by atoms with van der Waals surface area (Å²) < 4.78 is 11.1. The van der Waals surface area contributed by atoms with E-state index >= 15 is 0 Å². The molecule has 0 saturated carbocycles. The van der Waals surface area contributed by atoms with Gasteiger partial charge in [0, 0.05) is 0 Å². The van der Waals surface area contributed by atoms with Gasteiger partial charge in [0.2, 0.25) is 5.91 Å². The van der Waals surface area contributed by atoms with Crippen molar-refractivity contribution in [1.29, 1.82) is 0 Å². The maximum Gasteiger partial charge on any atom is 0.249 e. The molecule has 0 spiro atoms. The second-order valence-corrected chi connectivity index (χ2v) is 16.8. The van der Waals surface area contributed by atoms with Crippen molar-refractivity contribution in [2.24, 2.45) is 0 Å². The normalized spacial score (nSPS) is 22.2. The van der Waals surface area contributed by atoms with E-state index in [9.17, 15) is 40.5 Å². The zero-order valence-corrected chi connectivity index (χ0v) is 36.3. The molecule has 1 heterocycles. The molecule has 1 amide bonds. The van der Waals surface area contributed by atoms with Crippen LogP contribution in [0.15, 0.2) is 12.2 Å². The number of carbonyl (C=O) groups excluding carboxylic acids is 1. The van der Waals surface area contributed by atoms with E-state index in [2.05, 4.69) is 31.3 Å². The number of amides is 1. The number of nitrogens with one attached hydrogen (secondary N) is 1. The van der Waals surface area contributed by atoms with Crippen molar-refractivity contribution in [3.8, 4) is 0 Å². The monoisotopic (exact) mass is 816 g/mol. The highest BCUT2D eigenvalue weighted by atomic mass is 16.7. The van der Waals surface area contributed by atoms with Crippen LogP contribution in [0, 0.1) is 0 Å². The van der Waals surface area contributed by atoms with Crippen molar-refractivity contribution in [1.82, 2.24) is 5.32 Å². The molecular weight excluding hydrogens is 727 g/mol. The minimum Gasteiger partial charge on any atom is -0.394 e. The van der Waals surface area contributed by atoms with Crippen LogP contribution in [0.2, 0.25) is 0 Å². The molecule has 9 unspecified atom stereocenters. The van der Waals surface area contributed by atoms with Crippen LogP contribution in [-0.2, 0) is 14.3 Å². The van der Waals surface area contributed by atoms with Gasteiger partial charge in [0.1, 0.15) is 36.6 Å². The molecule has 338 valence electrons. The Morgan fingerprint density at radius 2 is 1.02 bits per heavy atom. The summed E-state index contributed by atoms with van der Waals surface area (Å²) in [6.45, 7) is 3.42. The first-order valence-corrected chi connectivity index (χ1v) is 23.6. The Bertz CT molecular complexity index is 939. The minimum atomic E-state index is -1.66. The lowest BCUT2D eigenvalue weighted by Gasteiger charge is -2.40. The third-order valence-electron chi connectivity index (χ3n) is 11.6. The number of hydrogen-bond donors (Lipinski definition) is 8. The zero-order chi connectivity index (χ0) is 41.9. The van der Waals surface area contributed by atoms with Gasteiger partial charge < -0.3 is 50.5 Å². The quantitative estimate of drug-likeness (QED) is 0.0226. The Labute approximate surface area is 347 Å². The molecule has 1 aliphatic rings. The van der Waals surface area contributed by atoms with Gasteiger partial charge in [0.25, 0.3) is 0 Å². The molecule has 1 saturated heterocycles. The molecule has 9 atom stereocenters. The highest BCUT2D eigenvalue weighted by Crippen LogP contribution is 2.23. The second-order valence-electron chi connectivity index (χ2n) is 16.8. The number of ether oxygens (including phenoxy) is 2. The first kappa shape index (κ1) is 53.9. The van der Waals surface area contributed by atoms with Crippen molar-refractivity contribution < 1.29 is 50.0 Å². The number of hydrogen-bond acceptors (Lipinski definition) is 10. The third-order valence-corrected chi connectivity index (χ3v) is 11.6. The molecule has 0 bridgehead atoms. The average Bonchev–Trinajstić information content (AvgIpc) is 3.21. The molecule has 0 aromatic rings. The fourth-order valence-corrected chi connectivity index (χ4v) is 7.61. The van der Waals surface area contributed by atoms with Gasteiger partial charge in [0.15, 0.2) is 6.29 Å². The maximum absolute atomic E-state index is 13.1. The van der Waals surface area contributed by atoms with Gasteiger partial charge in [-0.25, -0.2) is 0 Å². The Kier molecular flexibility index (Phi) is 34.7. The van der Waals surface area contributed by atoms with Crippen LogP contribution in [0.5, 0.6) is 0 Å². The number of aliphatic hydroxyl groups is 7. The molecule has 11 heteroatoms. The summed E-state index contributed by atoms with van der Waals surface area (Å²) in [6.07, 6.45) is 26.9. The van der Waals surface area contributed by atoms with Crippen LogP contribution in [0.3, 0.4) is 0 Å². The number of allylic oxidation sites excluding steroid dienone is 2. The summed E-state index contributed by atoms with van der Waals surface area (Å²) in [5.41, 5.74) is 0. The molecule has 0 aromatic carbocycles. The van der Waals surface area contributed by atoms with E-state index in [-0.39, 0.29) is 6.42 Å². The maximum atomic E-state index is 13.1. The smallest absolute Gasteiger partial charge is 0.249 e. The van der Waals surface area contributed by atoms with Crippen molar-refractivity contribution in [2.45, 2.75) is 262 Å².